The number of carbonyl (C=O) groups excluding carboxylic acids is 3. The summed E-state index contributed by atoms with van der Waals surface area (Å²) in [6.45, 7) is 1.94. The third-order valence-corrected chi connectivity index (χ3v) is 6.11. The SMILES string of the molecule is Cc1ccc(C(=O)Nc2ccc(C(=O)N/N=C/c3cccc([N+](=O)[O-])c3OC(=O)c3ccc4c(c3)OCO4)cc2)cc1. The van der Waals surface area contributed by atoms with Crippen molar-refractivity contribution in [3.05, 3.63) is 123 Å². The number of rotatable bonds is 8. The van der Waals surface area contributed by atoms with Crippen LogP contribution in [0.1, 0.15) is 42.2 Å². The fourth-order valence-corrected chi connectivity index (χ4v) is 3.91. The third-order valence-electron chi connectivity index (χ3n) is 6.11. The minimum Gasteiger partial charge on any atom is -0.454 e. The number of nitro benzene ring substituents is 1. The van der Waals surface area contributed by atoms with Crippen LogP contribution in [0.4, 0.5) is 11.4 Å². The van der Waals surface area contributed by atoms with E-state index in [4.69, 9.17) is 14.2 Å². The van der Waals surface area contributed by atoms with Crippen LogP contribution in [0.25, 0.3) is 0 Å². The molecular weight excluding hydrogens is 544 g/mol. The summed E-state index contributed by atoms with van der Waals surface area (Å²) < 4.78 is 15.9. The van der Waals surface area contributed by atoms with Crippen molar-refractivity contribution in [2.24, 2.45) is 5.10 Å². The van der Waals surface area contributed by atoms with Gasteiger partial charge in [0.25, 0.3) is 11.8 Å². The summed E-state index contributed by atoms with van der Waals surface area (Å²) in [5, 5.41) is 18.3. The molecule has 1 aliphatic rings. The molecule has 2 N–H and O–H groups in total. The van der Waals surface area contributed by atoms with Gasteiger partial charge in [0, 0.05) is 28.4 Å². The average molecular weight is 567 g/mol. The molecule has 5 rings (SSSR count). The molecule has 4 aromatic carbocycles. The number of hydrogen-bond donors (Lipinski definition) is 2. The zero-order valence-electron chi connectivity index (χ0n) is 22.0. The summed E-state index contributed by atoms with van der Waals surface area (Å²) in [7, 11) is 0. The van der Waals surface area contributed by atoms with Gasteiger partial charge < -0.3 is 19.5 Å². The summed E-state index contributed by atoms with van der Waals surface area (Å²) in [5.74, 6) is -1.27. The Morgan fingerprint density at radius 2 is 1.55 bits per heavy atom. The molecule has 42 heavy (non-hydrogen) atoms. The lowest BCUT2D eigenvalue weighted by atomic mass is 10.1. The maximum atomic E-state index is 12.8. The molecule has 0 aromatic heterocycles. The number of hydrogen-bond acceptors (Lipinski definition) is 9. The smallest absolute Gasteiger partial charge is 0.343 e. The largest absolute Gasteiger partial charge is 0.454 e. The highest BCUT2D eigenvalue weighted by Gasteiger charge is 2.24. The van der Waals surface area contributed by atoms with Gasteiger partial charge in [-0.25, -0.2) is 10.2 Å². The van der Waals surface area contributed by atoms with Gasteiger partial charge in [-0.1, -0.05) is 23.8 Å². The minimum absolute atomic E-state index is 0.0129. The molecule has 0 radical (unpaired) electrons. The monoisotopic (exact) mass is 566 g/mol. The number of amides is 2. The first-order valence-corrected chi connectivity index (χ1v) is 12.5. The lowest BCUT2D eigenvalue weighted by Crippen LogP contribution is -2.18. The van der Waals surface area contributed by atoms with Gasteiger partial charge in [-0.15, -0.1) is 0 Å². The van der Waals surface area contributed by atoms with Gasteiger partial charge in [0.1, 0.15) is 0 Å². The van der Waals surface area contributed by atoms with Gasteiger partial charge in [-0.3, -0.25) is 19.7 Å². The number of para-hydroxylation sites is 1. The molecule has 0 fully saturated rings. The fourth-order valence-electron chi connectivity index (χ4n) is 3.91. The van der Waals surface area contributed by atoms with Crippen molar-refractivity contribution in [2.45, 2.75) is 6.92 Å². The maximum Gasteiger partial charge on any atom is 0.343 e. The van der Waals surface area contributed by atoms with Crippen LogP contribution in [0.5, 0.6) is 17.2 Å². The minimum atomic E-state index is -0.865. The molecule has 4 aromatic rings. The highest BCUT2D eigenvalue weighted by Crippen LogP contribution is 2.34. The number of benzene rings is 4. The molecule has 0 aliphatic carbocycles. The molecule has 12 nitrogen and oxygen atoms in total. The van der Waals surface area contributed by atoms with Gasteiger partial charge >= 0.3 is 11.7 Å². The first kappa shape index (κ1) is 27.5. The molecule has 12 heteroatoms. The van der Waals surface area contributed by atoms with E-state index in [0.29, 0.717) is 22.7 Å². The Hall–Kier alpha value is -6.04. The molecule has 0 spiro atoms. The number of esters is 1. The Morgan fingerprint density at radius 1 is 0.881 bits per heavy atom. The Kier molecular flexibility index (Phi) is 7.87. The highest BCUT2D eigenvalue weighted by atomic mass is 16.7. The van der Waals surface area contributed by atoms with Crippen LogP contribution < -0.4 is 25.0 Å². The molecular formula is C30H22N4O8. The van der Waals surface area contributed by atoms with Gasteiger partial charge in [-0.05, 0) is 67.6 Å². The number of hydrazone groups is 1. The lowest BCUT2D eigenvalue weighted by Gasteiger charge is -2.09. The zero-order valence-corrected chi connectivity index (χ0v) is 22.0. The molecule has 0 bridgehead atoms. The predicted molar refractivity (Wildman–Crippen MR) is 151 cm³/mol. The van der Waals surface area contributed by atoms with Crippen molar-refractivity contribution in [3.8, 4) is 17.2 Å². The van der Waals surface area contributed by atoms with Gasteiger partial charge in [0.05, 0.1) is 16.7 Å². The maximum absolute atomic E-state index is 12.8. The number of nitro groups is 1. The first-order valence-electron chi connectivity index (χ1n) is 12.5. The topological polar surface area (TPSA) is 158 Å². The first-order chi connectivity index (χ1) is 20.3. The lowest BCUT2D eigenvalue weighted by molar-refractivity contribution is -0.385. The number of nitrogens with zero attached hydrogens (tertiary/aromatic N) is 2. The second-order valence-electron chi connectivity index (χ2n) is 9.01. The summed E-state index contributed by atoms with van der Waals surface area (Å²) in [4.78, 5) is 48.8. The van der Waals surface area contributed by atoms with E-state index in [2.05, 4.69) is 15.8 Å². The molecule has 0 unspecified atom stereocenters. The van der Waals surface area contributed by atoms with E-state index in [1.165, 1.54) is 48.5 Å². The molecule has 1 aliphatic heterocycles. The number of anilines is 1. The normalized spacial score (nSPS) is 11.6. The number of carbonyl (C=O) groups is 3. The van der Waals surface area contributed by atoms with Crippen LogP contribution in [0, 0.1) is 17.0 Å². The molecule has 2 amide bonds. The van der Waals surface area contributed by atoms with Crippen LogP contribution in [-0.2, 0) is 0 Å². The van der Waals surface area contributed by atoms with Crippen LogP contribution in [0.15, 0.2) is 90.0 Å². The molecule has 1 heterocycles. The van der Waals surface area contributed by atoms with Crippen molar-refractivity contribution in [3.63, 3.8) is 0 Å². The second kappa shape index (κ2) is 12.0. The molecule has 0 atom stereocenters. The standard InChI is InChI=1S/C30H22N4O8/c1-18-5-7-19(8-6-18)28(35)32-23-12-9-20(10-13-23)29(36)33-31-16-22-3-2-4-24(34(38)39)27(22)42-30(37)21-11-14-25-26(15-21)41-17-40-25/h2-16H,17H2,1H3,(H,32,35)(H,33,36)/b31-16+. The Bertz CT molecular complexity index is 1720. The zero-order chi connectivity index (χ0) is 29.6. The summed E-state index contributed by atoms with van der Waals surface area (Å²) >= 11 is 0. The van der Waals surface area contributed by atoms with Crippen LogP contribution in [0.3, 0.4) is 0 Å². The van der Waals surface area contributed by atoms with Gasteiger partial charge in [0.15, 0.2) is 11.5 Å². The van der Waals surface area contributed by atoms with Gasteiger partial charge in [0.2, 0.25) is 12.5 Å². The Morgan fingerprint density at radius 3 is 2.29 bits per heavy atom. The van der Waals surface area contributed by atoms with E-state index < -0.39 is 22.5 Å². The van der Waals surface area contributed by atoms with Crippen molar-refractivity contribution in [1.29, 1.82) is 0 Å². The molecule has 0 saturated carbocycles. The van der Waals surface area contributed by atoms with E-state index in [0.717, 1.165) is 11.8 Å². The van der Waals surface area contributed by atoms with Crippen molar-refractivity contribution in [1.82, 2.24) is 5.43 Å². The van der Waals surface area contributed by atoms with Crippen LogP contribution in [-0.4, -0.2) is 35.7 Å². The number of ether oxygens (including phenoxy) is 3. The van der Waals surface area contributed by atoms with E-state index in [1.807, 2.05) is 19.1 Å². The quantitative estimate of drug-likeness (QED) is 0.101. The number of aryl methyl sites for hydroxylation is 1. The highest BCUT2D eigenvalue weighted by molar-refractivity contribution is 6.04. The summed E-state index contributed by atoms with van der Waals surface area (Å²) in [6.07, 6.45) is 1.13. The van der Waals surface area contributed by atoms with E-state index >= 15 is 0 Å². The van der Waals surface area contributed by atoms with Crippen LogP contribution in [0.2, 0.25) is 0 Å². The Labute approximate surface area is 238 Å². The number of nitrogens with one attached hydrogen (secondary N) is 2. The van der Waals surface area contributed by atoms with Crippen molar-refractivity contribution in [2.75, 3.05) is 12.1 Å². The number of fused-ring (bicyclic) bond motifs is 1. The molecule has 210 valence electrons. The predicted octanol–water partition coefficient (Wildman–Crippen LogP) is 4.87. The average Bonchev–Trinajstić information content (AvgIpc) is 3.46. The summed E-state index contributed by atoms with van der Waals surface area (Å²) in [5.41, 5.74) is 4.30. The Balaban J connectivity index is 1.26. The fraction of sp³-hybridized carbons (Fsp3) is 0.0667. The van der Waals surface area contributed by atoms with E-state index in [1.54, 1.807) is 24.3 Å². The summed E-state index contributed by atoms with van der Waals surface area (Å²) in [6, 6.07) is 21.6. The van der Waals surface area contributed by atoms with E-state index in [-0.39, 0.29) is 35.1 Å². The third kappa shape index (κ3) is 6.23. The van der Waals surface area contributed by atoms with Crippen LogP contribution >= 0.6 is 0 Å². The van der Waals surface area contributed by atoms with Crippen molar-refractivity contribution >= 4 is 35.4 Å². The van der Waals surface area contributed by atoms with Gasteiger partial charge in [-0.2, -0.15) is 5.10 Å². The van der Waals surface area contributed by atoms with E-state index in [9.17, 15) is 24.5 Å². The van der Waals surface area contributed by atoms with Crippen molar-refractivity contribution < 1.29 is 33.5 Å². The second-order valence-corrected chi connectivity index (χ2v) is 9.01. The molecule has 0 saturated heterocycles.